The van der Waals surface area contributed by atoms with Gasteiger partial charge in [0, 0.05) is 38.5 Å². The molecule has 4 nitrogen and oxygen atoms in total. The van der Waals surface area contributed by atoms with Gasteiger partial charge in [-0.1, -0.05) is 26.0 Å². The lowest BCUT2D eigenvalue weighted by Gasteiger charge is -2.32. The summed E-state index contributed by atoms with van der Waals surface area (Å²) in [5, 5.41) is 12.6. The summed E-state index contributed by atoms with van der Waals surface area (Å²) in [6.45, 7) is 7.74. The second-order valence-corrected chi connectivity index (χ2v) is 5.22. The lowest BCUT2D eigenvalue weighted by atomic mass is 10.1. The number of aliphatic hydroxyl groups excluding tert-OH is 1. The van der Waals surface area contributed by atoms with Gasteiger partial charge in [0.2, 0.25) is 0 Å². The number of anilines is 1. The lowest BCUT2D eigenvalue weighted by Crippen LogP contribution is -2.36. The van der Waals surface area contributed by atoms with Crippen LogP contribution in [0.1, 0.15) is 32.3 Å². The van der Waals surface area contributed by atoms with Crippen LogP contribution in [0.4, 0.5) is 5.69 Å². The highest BCUT2D eigenvalue weighted by atomic mass is 16.5. The third-order valence-electron chi connectivity index (χ3n) is 3.80. The number of rotatable bonds is 11. The normalized spacial score (nSPS) is 11.1. The van der Waals surface area contributed by atoms with Crippen LogP contribution in [0.15, 0.2) is 24.3 Å². The molecule has 0 saturated heterocycles. The zero-order valence-electron chi connectivity index (χ0n) is 13.6. The van der Waals surface area contributed by atoms with E-state index in [9.17, 15) is 5.11 Å². The van der Waals surface area contributed by atoms with Gasteiger partial charge in [0.15, 0.2) is 0 Å². The summed E-state index contributed by atoms with van der Waals surface area (Å²) < 4.78 is 5.02. The van der Waals surface area contributed by atoms with Gasteiger partial charge in [-0.2, -0.15) is 0 Å². The Morgan fingerprint density at radius 1 is 1.19 bits per heavy atom. The van der Waals surface area contributed by atoms with Crippen molar-refractivity contribution < 1.29 is 9.84 Å². The molecule has 0 radical (unpaired) electrons. The molecule has 0 fully saturated rings. The van der Waals surface area contributed by atoms with Crippen LogP contribution in [0.5, 0.6) is 0 Å². The van der Waals surface area contributed by atoms with E-state index in [0.717, 1.165) is 32.5 Å². The second kappa shape index (κ2) is 10.6. The van der Waals surface area contributed by atoms with Crippen LogP contribution in [0.2, 0.25) is 0 Å². The van der Waals surface area contributed by atoms with Crippen LogP contribution < -0.4 is 10.2 Å². The molecule has 120 valence electrons. The van der Waals surface area contributed by atoms with Gasteiger partial charge in [0.25, 0.3) is 0 Å². The first kappa shape index (κ1) is 18.0. The summed E-state index contributed by atoms with van der Waals surface area (Å²) in [6, 6.07) is 9.11. The molecule has 0 unspecified atom stereocenters. The van der Waals surface area contributed by atoms with E-state index in [-0.39, 0.29) is 6.61 Å². The predicted octanol–water partition coefficient (Wildman–Crippen LogP) is 2.41. The van der Waals surface area contributed by atoms with Crippen molar-refractivity contribution in [1.82, 2.24) is 5.32 Å². The minimum Gasteiger partial charge on any atom is -0.395 e. The average molecular weight is 294 g/mol. The number of hydrogen-bond donors (Lipinski definition) is 2. The first-order chi connectivity index (χ1) is 10.3. The van der Waals surface area contributed by atoms with Crippen LogP contribution in [0, 0.1) is 0 Å². The highest BCUT2D eigenvalue weighted by molar-refractivity contribution is 5.48. The number of hydrogen-bond acceptors (Lipinski definition) is 4. The molecule has 21 heavy (non-hydrogen) atoms. The molecule has 0 aliphatic carbocycles. The Bertz CT molecular complexity index is 364. The minimum absolute atomic E-state index is 0.191. The van der Waals surface area contributed by atoms with E-state index in [1.807, 2.05) is 0 Å². The van der Waals surface area contributed by atoms with Crippen molar-refractivity contribution in [2.75, 3.05) is 38.3 Å². The van der Waals surface area contributed by atoms with Crippen molar-refractivity contribution in [3.8, 4) is 0 Å². The maximum absolute atomic E-state index is 9.30. The number of ether oxygens (including phenoxy) is 1. The van der Waals surface area contributed by atoms with Gasteiger partial charge in [-0.15, -0.1) is 0 Å². The quantitative estimate of drug-likeness (QED) is 0.615. The van der Waals surface area contributed by atoms with Gasteiger partial charge in [0.1, 0.15) is 0 Å². The molecule has 2 N–H and O–H groups in total. The van der Waals surface area contributed by atoms with Crippen molar-refractivity contribution >= 4 is 5.69 Å². The Balaban J connectivity index is 2.64. The molecule has 1 rings (SSSR count). The maximum atomic E-state index is 9.30. The summed E-state index contributed by atoms with van der Waals surface area (Å²) in [7, 11) is 1.71. The smallest absolute Gasteiger partial charge is 0.0606 e. The standard InChI is InChI=1S/C17H30N2O2/c1-4-16(5-2)19(11-12-20)17-8-6-15(7-9-17)14-18-10-13-21-3/h6-9,16,18,20H,4-5,10-14H2,1-3H3. The number of aliphatic hydroxyl groups is 1. The summed E-state index contributed by atoms with van der Waals surface area (Å²) in [5.74, 6) is 0. The molecule has 0 aliphatic heterocycles. The third kappa shape index (κ3) is 6.04. The number of methoxy groups -OCH3 is 1. The Morgan fingerprint density at radius 2 is 1.86 bits per heavy atom. The Kier molecular flexibility index (Phi) is 9.06. The molecule has 1 aromatic rings. The Hall–Kier alpha value is -1.10. The SMILES string of the molecule is CCC(CC)N(CCO)c1ccc(CNCCOC)cc1. The fourth-order valence-electron chi connectivity index (χ4n) is 2.57. The summed E-state index contributed by atoms with van der Waals surface area (Å²) in [4.78, 5) is 2.31. The summed E-state index contributed by atoms with van der Waals surface area (Å²) in [6.07, 6.45) is 2.19. The van der Waals surface area contributed by atoms with Crippen LogP contribution in [0.25, 0.3) is 0 Å². The van der Waals surface area contributed by atoms with E-state index in [2.05, 4.69) is 48.3 Å². The van der Waals surface area contributed by atoms with E-state index in [4.69, 9.17) is 4.74 Å². The second-order valence-electron chi connectivity index (χ2n) is 5.22. The molecule has 0 aliphatic rings. The molecule has 4 heteroatoms. The van der Waals surface area contributed by atoms with Crippen molar-refractivity contribution in [2.24, 2.45) is 0 Å². The number of benzene rings is 1. The molecular weight excluding hydrogens is 264 g/mol. The van der Waals surface area contributed by atoms with Gasteiger partial charge in [-0.3, -0.25) is 0 Å². The fourth-order valence-corrected chi connectivity index (χ4v) is 2.57. The van der Waals surface area contributed by atoms with Crippen LogP contribution >= 0.6 is 0 Å². The molecule has 0 spiro atoms. The van der Waals surface area contributed by atoms with E-state index in [0.29, 0.717) is 12.6 Å². The van der Waals surface area contributed by atoms with Crippen molar-refractivity contribution in [1.29, 1.82) is 0 Å². The predicted molar refractivity (Wildman–Crippen MR) is 88.8 cm³/mol. The van der Waals surface area contributed by atoms with Gasteiger partial charge in [0.05, 0.1) is 13.2 Å². The van der Waals surface area contributed by atoms with Crippen LogP contribution in [0.3, 0.4) is 0 Å². The Morgan fingerprint density at radius 3 is 2.38 bits per heavy atom. The largest absolute Gasteiger partial charge is 0.395 e. The van der Waals surface area contributed by atoms with Crippen LogP contribution in [-0.2, 0) is 11.3 Å². The topological polar surface area (TPSA) is 44.7 Å². The molecule has 0 saturated carbocycles. The highest BCUT2D eigenvalue weighted by Crippen LogP contribution is 2.20. The first-order valence-electron chi connectivity index (χ1n) is 7.92. The van der Waals surface area contributed by atoms with Gasteiger partial charge >= 0.3 is 0 Å². The zero-order valence-corrected chi connectivity index (χ0v) is 13.6. The molecule has 0 aromatic heterocycles. The Labute approximate surface area is 129 Å². The molecular formula is C17H30N2O2. The lowest BCUT2D eigenvalue weighted by molar-refractivity contribution is 0.199. The number of nitrogens with zero attached hydrogens (tertiary/aromatic N) is 1. The highest BCUT2D eigenvalue weighted by Gasteiger charge is 2.14. The van der Waals surface area contributed by atoms with E-state index >= 15 is 0 Å². The molecule has 0 atom stereocenters. The maximum Gasteiger partial charge on any atom is 0.0606 e. The van der Waals surface area contributed by atoms with Crippen molar-refractivity contribution in [2.45, 2.75) is 39.3 Å². The molecule has 0 bridgehead atoms. The molecule has 0 heterocycles. The zero-order chi connectivity index (χ0) is 15.5. The number of nitrogens with one attached hydrogen (secondary N) is 1. The fraction of sp³-hybridized carbons (Fsp3) is 0.647. The van der Waals surface area contributed by atoms with Crippen LogP contribution in [-0.4, -0.2) is 44.6 Å². The minimum atomic E-state index is 0.191. The monoisotopic (exact) mass is 294 g/mol. The van der Waals surface area contributed by atoms with Crippen molar-refractivity contribution in [3.63, 3.8) is 0 Å². The summed E-state index contributed by atoms with van der Waals surface area (Å²) >= 11 is 0. The van der Waals surface area contributed by atoms with E-state index < -0.39 is 0 Å². The third-order valence-corrected chi connectivity index (χ3v) is 3.80. The van der Waals surface area contributed by atoms with Gasteiger partial charge in [-0.25, -0.2) is 0 Å². The first-order valence-corrected chi connectivity index (χ1v) is 7.92. The average Bonchev–Trinajstić information content (AvgIpc) is 2.52. The van der Waals surface area contributed by atoms with E-state index in [1.165, 1.54) is 11.3 Å². The molecule has 0 amide bonds. The van der Waals surface area contributed by atoms with Gasteiger partial charge < -0.3 is 20.1 Å². The molecule has 1 aromatic carbocycles. The van der Waals surface area contributed by atoms with Gasteiger partial charge in [-0.05, 0) is 30.5 Å². The van der Waals surface area contributed by atoms with Crippen molar-refractivity contribution in [3.05, 3.63) is 29.8 Å². The van der Waals surface area contributed by atoms with E-state index in [1.54, 1.807) is 7.11 Å². The summed E-state index contributed by atoms with van der Waals surface area (Å²) in [5.41, 5.74) is 2.46.